The van der Waals surface area contributed by atoms with Gasteiger partial charge in [0.15, 0.2) is 0 Å². The van der Waals surface area contributed by atoms with Crippen LogP contribution in [0, 0.1) is 11.2 Å². The molecule has 4 rings (SSSR count). The summed E-state index contributed by atoms with van der Waals surface area (Å²) >= 11 is 0. The summed E-state index contributed by atoms with van der Waals surface area (Å²) in [6.07, 6.45) is 8.11. The van der Waals surface area contributed by atoms with E-state index < -0.39 is 0 Å². The molecule has 0 spiro atoms. The maximum atomic E-state index is 13.2. The van der Waals surface area contributed by atoms with Crippen LogP contribution in [0.15, 0.2) is 24.3 Å². The lowest BCUT2D eigenvalue weighted by atomic mass is 9.74. The van der Waals surface area contributed by atoms with Crippen molar-refractivity contribution in [1.82, 2.24) is 9.80 Å². The second kappa shape index (κ2) is 8.40. The molecule has 0 N–H and O–H groups in total. The number of benzene rings is 1. The number of piperidine rings is 1. The van der Waals surface area contributed by atoms with E-state index in [1.165, 1.54) is 37.8 Å². The van der Waals surface area contributed by atoms with Gasteiger partial charge in [0, 0.05) is 56.4 Å². The van der Waals surface area contributed by atoms with Crippen LogP contribution in [0.5, 0.6) is 0 Å². The van der Waals surface area contributed by atoms with Crippen molar-refractivity contribution >= 4 is 11.6 Å². The van der Waals surface area contributed by atoms with Crippen LogP contribution in [0.3, 0.4) is 0 Å². The third-order valence-corrected chi connectivity index (χ3v) is 7.18. The predicted molar refractivity (Wildman–Crippen MR) is 111 cm³/mol. The first-order valence-electron chi connectivity index (χ1n) is 11.1. The maximum Gasteiger partial charge on any atom is 0.228 e. The molecule has 154 valence electrons. The Bertz CT molecular complexity index is 663. The van der Waals surface area contributed by atoms with E-state index >= 15 is 0 Å². The number of hydrogen-bond donors (Lipinski definition) is 0. The highest BCUT2D eigenvalue weighted by molar-refractivity contribution is 5.82. The van der Waals surface area contributed by atoms with Gasteiger partial charge in [0.1, 0.15) is 5.82 Å². The van der Waals surface area contributed by atoms with Gasteiger partial charge in [-0.25, -0.2) is 4.39 Å². The fourth-order valence-corrected chi connectivity index (χ4v) is 5.36. The highest BCUT2D eigenvalue weighted by atomic mass is 19.1. The normalized spacial score (nSPS) is 26.3. The van der Waals surface area contributed by atoms with Crippen molar-refractivity contribution < 1.29 is 9.18 Å². The SMILES string of the molecule is CC1(C(=O)N2CCC[C@H](N3CCN(c4ccc(F)cc4)CC3)C2)CCCCC1. The minimum atomic E-state index is -0.180. The largest absolute Gasteiger partial charge is 0.369 e. The van der Waals surface area contributed by atoms with Crippen molar-refractivity contribution in [2.75, 3.05) is 44.2 Å². The number of halogens is 1. The van der Waals surface area contributed by atoms with Gasteiger partial charge in [-0.2, -0.15) is 0 Å². The molecule has 0 aromatic heterocycles. The molecule has 0 bridgehead atoms. The van der Waals surface area contributed by atoms with Gasteiger partial charge in [-0.05, 0) is 49.9 Å². The number of amides is 1. The van der Waals surface area contributed by atoms with Crippen molar-refractivity contribution in [1.29, 1.82) is 0 Å². The molecule has 3 fully saturated rings. The molecule has 1 atom stereocenters. The fraction of sp³-hybridized carbons (Fsp3) is 0.696. The van der Waals surface area contributed by atoms with Crippen LogP contribution in [-0.2, 0) is 4.79 Å². The van der Waals surface area contributed by atoms with Gasteiger partial charge in [0.25, 0.3) is 0 Å². The fourth-order valence-electron chi connectivity index (χ4n) is 5.36. The molecular weight excluding hydrogens is 353 g/mol. The molecule has 5 heteroatoms. The van der Waals surface area contributed by atoms with Crippen LogP contribution < -0.4 is 4.90 Å². The molecule has 3 aliphatic rings. The summed E-state index contributed by atoms with van der Waals surface area (Å²) in [5, 5.41) is 0. The second-order valence-electron chi connectivity index (χ2n) is 9.17. The number of likely N-dealkylation sites (tertiary alicyclic amines) is 1. The third-order valence-electron chi connectivity index (χ3n) is 7.18. The molecule has 1 aromatic carbocycles. The summed E-state index contributed by atoms with van der Waals surface area (Å²) in [5.41, 5.74) is 0.980. The third kappa shape index (κ3) is 4.19. The first kappa shape index (κ1) is 19.7. The van der Waals surface area contributed by atoms with Crippen molar-refractivity contribution in [2.24, 2.45) is 5.41 Å². The van der Waals surface area contributed by atoms with E-state index in [4.69, 9.17) is 0 Å². The molecule has 1 aliphatic carbocycles. The number of piperazine rings is 1. The molecule has 2 aliphatic heterocycles. The number of carbonyl (C=O) groups excluding carboxylic acids is 1. The number of nitrogens with zero attached hydrogens (tertiary/aromatic N) is 3. The molecule has 28 heavy (non-hydrogen) atoms. The number of rotatable bonds is 3. The zero-order valence-corrected chi connectivity index (χ0v) is 17.2. The molecule has 2 saturated heterocycles. The van der Waals surface area contributed by atoms with E-state index in [0.29, 0.717) is 11.9 Å². The summed E-state index contributed by atoms with van der Waals surface area (Å²) in [7, 11) is 0. The lowest BCUT2D eigenvalue weighted by Crippen LogP contribution is -2.57. The van der Waals surface area contributed by atoms with Gasteiger partial charge in [-0.1, -0.05) is 26.2 Å². The zero-order valence-electron chi connectivity index (χ0n) is 17.2. The van der Waals surface area contributed by atoms with E-state index in [1.807, 2.05) is 12.1 Å². The zero-order chi connectivity index (χ0) is 19.6. The van der Waals surface area contributed by atoms with Crippen LogP contribution in [0.2, 0.25) is 0 Å². The Morgan fingerprint density at radius 3 is 2.32 bits per heavy atom. The summed E-state index contributed by atoms with van der Waals surface area (Å²) in [6.45, 7) is 7.98. The molecule has 0 radical (unpaired) electrons. The summed E-state index contributed by atoms with van der Waals surface area (Å²) in [4.78, 5) is 20.3. The number of hydrogen-bond acceptors (Lipinski definition) is 3. The standard InChI is InChI=1S/C23H34FN3O/c1-23(11-3-2-4-12-23)22(28)27-13-5-6-21(18-27)26-16-14-25(15-17-26)20-9-7-19(24)8-10-20/h7-10,21H,2-6,11-18H2,1H3/t21-/m0/s1. The minimum Gasteiger partial charge on any atom is -0.369 e. The van der Waals surface area contributed by atoms with Gasteiger partial charge < -0.3 is 9.80 Å². The van der Waals surface area contributed by atoms with Gasteiger partial charge in [0.2, 0.25) is 5.91 Å². The van der Waals surface area contributed by atoms with Crippen LogP contribution >= 0.6 is 0 Å². The molecule has 2 heterocycles. The Morgan fingerprint density at radius 1 is 0.964 bits per heavy atom. The van der Waals surface area contributed by atoms with E-state index in [1.54, 1.807) is 0 Å². The van der Waals surface area contributed by atoms with Crippen molar-refractivity contribution in [3.05, 3.63) is 30.1 Å². The van der Waals surface area contributed by atoms with Gasteiger partial charge in [-0.3, -0.25) is 9.69 Å². The Labute approximate surface area is 168 Å². The molecule has 4 nitrogen and oxygen atoms in total. The lowest BCUT2D eigenvalue weighted by Gasteiger charge is -2.46. The Hall–Kier alpha value is -1.62. The van der Waals surface area contributed by atoms with E-state index in [-0.39, 0.29) is 11.2 Å². The molecule has 1 amide bonds. The number of anilines is 1. The number of carbonyl (C=O) groups is 1. The first-order valence-corrected chi connectivity index (χ1v) is 11.1. The van der Waals surface area contributed by atoms with Crippen molar-refractivity contribution in [2.45, 2.75) is 57.9 Å². The molecular formula is C23H34FN3O. The van der Waals surface area contributed by atoms with Crippen LogP contribution in [0.25, 0.3) is 0 Å². The predicted octanol–water partition coefficient (Wildman–Crippen LogP) is 3.91. The summed E-state index contributed by atoms with van der Waals surface area (Å²) in [5.74, 6) is 0.225. The van der Waals surface area contributed by atoms with E-state index in [2.05, 4.69) is 21.6 Å². The highest BCUT2D eigenvalue weighted by Gasteiger charge is 2.39. The van der Waals surface area contributed by atoms with Crippen LogP contribution in [0.4, 0.5) is 10.1 Å². The molecule has 0 unspecified atom stereocenters. The highest BCUT2D eigenvalue weighted by Crippen LogP contribution is 2.38. The summed E-state index contributed by atoms with van der Waals surface area (Å²) < 4.78 is 13.2. The molecule has 1 saturated carbocycles. The van der Waals surface area contributed by atoms with Crippen LogP contribution in [0.1, 0.15) is 51.9 Å². The smallest absolute Gasteiger partial charge is 0.228 e. The van der Waals surface area contributed by atoms with E-state index in [0.717, 1.165) is 64.2 Å². The minimum absolute atomic E-state index is 0.124. The Balaban J connectivity index is 1.32. The first-order chi connectivity index (χ1) is 13.5. The van der Waals surface area contributed by atoms with Gasteiger partial charge in [0.05, 0.1) is 0 Å². The maximum absolute atomic E-state index is 13.2. The average molecular weight is 388 g/mol. The quantitative estimate of drug-likeness (QED) is 0.787. The van der Waals surface area contributed by atoms with Gasteiger partial charge >= 0.3 is 0 Å². The second-order valence-corrected chi connectivity index (χ2v) is 9.17. The Kier molecular flexibility index (Phi) is 5.91. The van der Waals surface area contributed by atoms with Crippen molar-refractivity contribution in [3.8, 4) is 0 Å². The van der Waals surface area contributed by atoms with E-state index in [9.17, 15) is 9.18 Å². The molecule has 1 aromatic rings. The van der Waals surface area contributed by atoms with Crippen LogP contribution in [-0.4, -0.2) is 61.0 Å². The lowest BCUT2D eigenvalue weighted by molar-refractivity contribution is -0.145. The summed E-state index contributed by atoms with van der Waals surface area (Å²) in [6, 6.07) is 7.31. The monoisotopic (exact) mass is 387 g/mol. The average Bonchev–Trinajstić information content (AvgIpc) is 2.74. The Morgan fingerprint density at radius 2 is 1.64 bits per heavy atom. The van der Waals surface area contributed by atoms with Crippen molar-refractivity contribution in [3.63, 3.8) is 0 Å². The van der Waals surface area contributed by atoms with Gasteiger partial charge in [-0.15, -0.1) is 0 Å². The topological polar surface area (TPSA) is 26.8 Å².